The van der Waals surface area contributed by atoms with E-state index in [2.05, 4.69) is 12.2 Å². The maximum Gasteiger partial charge on any atom is 0.328 e. The molecule has 0 aliphatic carbocycles. The fourth-order valence-electron chi connectivity index (χ4n) is 1.64. The van der Waals surface area contributed by atoms with Crippen LogP contribution in [0.15, 0.2) is 30.0 Å². The van der Waals surface area contributed by atoms with Gasteiger partial charge >= 0.3 is 6.03 Å². The van der Waals surface area contributed by atoms with E-state index >= 15 is 0 Å². The molecule has 0 spiro atoms. The highest BCUT2D eigenvalue weighted by Crippen LogP contribution is 2.13. The van der Waals surface area contributed by atoms with Gasteiger partial charge in [-0.05, 0) is 23.6 Å². The van der Waals surface area contributed by atoms with Crippen molar-refractivity contribution in [2.45, 2.75) is 13.3 Å². The van der Waals surface area contributed by atoms with Crippen LogP contribution >= 0.6 is 0 Å². The third kappa shape index (κ3) is 2.20. The number of amides is 3. The average molecular weight is 230 g/mol. The first kappa shape index (κ1) is 11.4. The van der Waals surface area contributed by atoms with Gasteiger partial charge in [0.25, 0.3) is 5.91 Å². The van der Waals surface area contributed by atoms with E-state index in [0.29, 0.717) is 5.70 Å². The summed E-state index contributed by atoms with van der Waals surface area (Å²) in [6, 6.07) is 7.51. The predicted octanol–water partition coefficient (Wildman–Crippen LogP) is 1.77. The number of nitrogens with one attached hydrogen (secondary N) is 1. The van der Waals surface area contributed by atoms with E-state index in [1.165, 1.54) is 12.6 Å². The molecule has 3 amide bonds. The maximum absolute atomic E-state index is 11.6. The van der Waals surface area contributed by atoms with Crippen LogP contribution in [-0.4, -0.2) is 23.9 Å². The standard InChI is InChI=1S/C13H14N2O2/c1-3-9-4-6-10(7-5-9)8-11-12(16)15(2)13(17)14-11/h4-8H,3H2,1-2H3,(H,14,17)/b11-8+. The molecule has 0 bridgehead atoms. The highest BCUT2D eigenvalue weighted by molar-refractivity contribution is 6.13. The van der Waals surface area contributed by atoms with Crippen LogP contribution in [0.25, 0.3) is 6.08 Å². The molecule has 1 N–H and O–H groups in total. The second-order valence-electron chi connectivity index (χ2n) is 3.95. The monoisotopic (exact) mass is 230 g/mol. The number of hydrogen-bond donors (Lipinski definition) is 1. The van der Waals surface area contributed by atoms with E-state index in [0.717, 1.165) is 16.9 Å². The van der Waals surface area contributed by atoms with Crippen molar-refractivity contribution < 1.29 is 9.59 Å². The summed E-state index contributed by atoms with van der Waals surface area (Å²) < 4.78 is 0. The van der Waals surface area contributed by atoms with Crippen LogP contribution in [0, 0.1) is 0 Å². The van der Waals surface area contributed by atoms with Gasteiger partial charge in [-0.2, -0.15) is 0 Å². The Morgan fingerprint density at radius 2 is 1.88 bits per heavy atom. The molecule has 1 aliphatic heterocycles. The average Bonchev–Trinajstić information content (AvgIpc) is 2.58. The van der Waals surface area contributed by atoms with Crippen LogP contribution in [0.1, 0.15) is 18.1 Å². The number of likely N-dealkylation sites (N-methyl/N-ethyl adjacent to an activating group) is 1. The molecule has 0 radical (unpaired) electrons. The number of carbonyl (C=O) groups is 2. The third-order valence-corrected chi connectivity index (χ3v) is 2.78. The van der Waals surface area contributed by atoms with Gasteiger partial charge in [-0.3, -0.25) is 9.69 Å². The summed E-state index contributed by atoms with van der Waals surface area (Å²) in [6.45, 7) is 2.09. The summed E-state index contributed by atoms with van der Waals surface area (Å²) in [5.41, 5.74) is 2.47. The molecule has 1 saturated heterocycles. The molecular formula is C13H14N2O2. The van der Waals surface area contributed by atoms with Crippen LogP contribution in [0.2, 0.25) is 0 Å². The highest BCUT2D eigenvalue weighted by Gasteiger charge is 2.29. The quantitative estimate of drug-likeness (QED) is 0.621. The normalized spacial score (nSPS) is 17.8. The summed E-state index contributed by atoms with van der Waals surface area (Å²) in [5.74, 6) is -0.297. The Balaban J connectivity index is 2.24. The molecule has 2 rings (SSSR count). The zero-order valence-electron chi connectivity index (χ0n) is 9.86. The second kappa shape index (κ2) is 4.41. The van der Waals surface area contributed by atoms with Gasteiger partial charge in [0.05, 0.1) is 0 Å². The minimum absolute atomic E-state index is 0.297. The van der Waals surface area contributed by atoms with Gasteiger partial charge in [0.15, 0.2) is 0 Å². The van der Waals surface area contributed by atoms with Crippen molar-refractivity contribution in [3.63, 3.8) is 0 Å². The molecule has 0 unspecified atom stereocenters. The van der Waals surface area contributed by atoms with E-state index in [1.54, 1.807) is 6.08 Å². The highest BCUT2D eigenvalue weighted by atomic mass is 16.2. The van der Waals surface area contributed by atoms with Gasteiger partial charge in [0.1, 0.15) is 5.70 Å². The van der Waals surface area contributed by atoms with E-state index in [4.69, 9.17) is 0 Å². The van der Waals surface area contributed by atoms with Crippen molar-refractivity contribution in [3.05, 3.63) is 41.1 Å². The first-order valence-corrected chi connectivity index (χ1v) is 5.51. The maximum atomic E-state index is 11.6. The van der Waals surface area contributed by atoms with E-state index in [1.807, 2.05) is 24.3 Å². The molecule has 1 heterocycles. The molecule has 4 heteroatoms. The number of aryl methyl sites for hydroxylation is 1. The van der Waals surface area contributed by atoms with Gasteiger partial charge in [-0.15, -0.1) is 0 Å². The lowest BCUT2D eigenvalue weighted by atomic mass is 10.1. The van der Waals surface area contributed by atoms with Crippen molar-refractivity contribution in [3.8, 4) is 0 Å². The zero-order chi connectivity index (χ0) is 12.4. The van der Waals surface area contributed by atoms with Crippen molar-refractivity contribution in [1.29, 1.82) is 0 Å². The number of carbonyl (C=O) groups excluding carboxylic acids is 2. The summed E-state index contributed by atoms with van der Waals surface area (Å²) in [6.07, 6.45) is 2.67. The fourth-order valence-corrected chi connectivity index (χ4v) is 1.64. The molecule has 88 valence electrons. The number of imide groups is 1. The Kier molecular flexibility index (Phi) is 2.95. The minimum Gasteiger partial charge on any atom is -0.303 e. The first-order valence-electron chi connectivity index (χ1n) is 5.51. The third-order valence-electron chi connectivity index (χ3n) is 2.78. The van der Waals surface area contributed by atoms with Gasteiger partial charge in [-0.25, -0.2) is 4.79 Å². The van der Waals surface area contributed by atoms with E-state index < -0.39 is 0 Å². The molecule has 1 aromatic rings. The van der Waals surface area contributed by atoms with Crippen LogP contribution in [0.5, 0.6) is 0 Å². The lowest BCUT2D eigenvalue weighted by Crippen LogP contribution is -2.25. The molecule has 0 aromatic heterocycles. The molecular weight excluding hydrogens is 216 g/mol. The van der Waals surface area contributed by atoms with E-state index in [-0.39, 0.29) is 11.9 Å². The number of hydrogen-bond acceptors (Lipinski definition) is 2. The van der Waals surface area contributed by atoms with Crippen molar-refractivity contribution >= 4 is 18.0 Å². The number of nitrogens with zero attached hydrogens (tertiary/aromatic N) is 1. The van der Waals surface area contributed by atoms with Gasteiger partial charge in [0.2, 0.25) is 0 Å². The second-order valence-corrected chi connectivity index (χ2v) is 3.95. The van der Waals surface area contributed by atoms with Crippen LogP contribution < -0.4 is 5.32 Å². The molecule has 0 atom stereocenters. The topological polar surface area (TPSA) is 49.4 Å². The predicted molar refractivity (Wildman–Crippen MR) is 65.1 cm³/mol. The summed E-state index contributed by atoms with van der Waals surface area (Å²) in [5, 5.41) is 2.53. The van der Waals surface area contributed by atoms with Gasteiger partial charge < -0.3 is 5.32 Å². The Labute approximate surface area is 99.9 Å². The number of benzene rings is 1. The SMILES string of the molecule is CCc1ccc(/C=C2/NC(=O)N(C)C2=O)cc1. The Bertz CT molecular complexity index is 489. The zero-order valence-corrected chi connectivity index (χ0v) is 9.86. The summed E-state index contributed by atoms with van der Waals surface area (Å²) in [7, 11) is 1.46. The smallest absolute Gasteiger partial charge is 0.303 e. The molecule has 1 aromatic carbocycles. The summed E-state index contributed by atoms with van der Waals surface area (Å²) in [4.78, 5) is 23.9. The lowest BCUT2D eigenvalue weighted by molar-refractivity contribution is -0.121. The van der Waals surface area contributed by atoms with Crippen LogP contribution in [-0.2, 0) is 11.2 Å². The molecule has 0 saturated carbocycles. The van der Waals surface area contributed by atoms with Gasteiger partial charge in [0, 0.05) is 7.05 Å². The number of urea groups is 1. The molecule has 4 nitrogen and oxygen atoms in total. The van der Waals surface area contributed by atoms with E-state index in [9.17, 15) is 9.59 Å². The van der Waals surface area contributed by atoms with Crippen molar-refractivity contribution in [1.82, 2.24) is 10.2 Å². The van der Waals surface area contributed by atoms with Crippen molar-refractivity contribution in [2.75, 3.05) is 7.05 Å². The Morgan fingerprint density at radius 1 is 1.24 bits per heavy atom. The van der Waals surface area contributed by atoms with Crippen molar-refractivity contribution in [2.24, 2.45) is 0 Å². The minimum atomic E-state index is -0.383. The van der Waals surface area contributed by atoms with Gasteiger partial charge in [-0.1, -0.05) is 31.2 Å². The molecule has 1 aliphatic rings. The lowest BCUT2D eigenvalue weighted by Gasteiger charge is -2.00. The Hall–Kier alpha value is -2.10. The van der Waals surface area contributed by atoms with Crippen LogP contribution in [0.3, 0.4) is 0 Å². The molecule has 1 fully saturated rings. The fraction of sp³-hybridized carbons (Fsp3) is 0.231. The number of rotatable bonds is 2. The molecule has 17 heavy (non-hydrogen) atoms. The van der Waals surface area contributed by atoms with Crippen LogP contribution in [0.4, 0.5) is 4.79 Å². The Morgan fingerprint density at radius 3 is 2.35 bits per heavy atom. The summed E-state index contributed by atoms with van der Waals surface area (Å²) >= 11 is 0. The largest absolute Gasteiger partial charge is 0.328 e. The first-order chi connectivity index (χ1) is 8.11.